The summed E-state index contributed by atoms with van der Waals surface area (Å²) < 4.78 is 11.8. The van der Waals surface area contributed by atoms with Crippen molar-refractivity contribution < 1.29 is 9.47 Å². The second-order valence-electron chi connectivity index (χ2n) is 5.42. The summed E-state index contributed by atoms with van der Waals surface area (Å²) in [4.78, 5) is 0. The summed E-state index contributed by atoms with van der Waals surface area (Å²) >= 11 is 0. The molecule has 1 unspecified atom stereocenters. The van der Waals surface area contributed by atoms with E-state index in [1.807, 2.05) is 0 Å². The Morgan fingerprint density at radius 1 is 1.47 bits per heavy atom. The minimum atomic E-state index is 0.0219. The van der Waals surface area contributed by atoms with Crippen molar-refractivity contribution in [3.8, 4) is 5.75 Å². The van der Waals surface area contributed by atoms with Gasteiger partial charge in [0.05, 0.1) is 12.2 Å². The predicted octanol–water partition coefficient (Wildman–Crippen LogP) is 1.68. The molecule has 1 saturated heterocycles. The van der Waals surface area contributed by atoms with E-state index < -0.39 is 0 Å². The molecule has 17 heavy (non-hydrogen) atoms. The second kappa shape index (κ2) is 4.00. The minimum absolute atomic E-state index is 0.0219. The van der Waals surface area contributed by atoms with Crippen LogP contribution in [0.4, 0.5) is 0 Å². The van der Waals surface area contributed by atoms with E-state index in [-0.39, 0.29) is 11.7 Å². The van der Waals surface area contributed by atoms with Crippen molar-refractivity contribution in [1.29, 1.82) is 0 Å². The van der Waals surface area contributed by atoms with Gasteiger partial charge in [0, 0.05) is 19.5 Å². The van der Waals surface area contributed by atoms with E-state index in [1.54, 1.807) is 0 Å². The summed E-state index contributed by atoms with van der Waals surface area (Å²) in [7, 11) is 0. The molecule has 0 amide bonds. The summed E-state index contributed by atoms with van der Waals surface area (Å²) in [5.41, 5.74) is 2.63. The maximum absolute atomic E-state index is 5.92. The number of benzene rings is 1. The zero-order valence-electron chi connectivity index (χ0n) is 10.5. The van der Waals surface area contributed by atoms with Crippen molar-refractivity contribution >= 4 is 0 Å². The molecule has 0 bridgehead atoms. The number of rotatable bonds is 3. The van der Waals surface area contributed by atoms with E-state index in [1.165, 1.54) is 11.1 Å². The number of aryl methyl sites for hydroxylation is 1. The third-order valence-corrected chi connectivity index (χ3v) is 3.57. The molecule has 1 atom stereocenters. The first-order valence-electron chi connectivity index (χ1n) is 6.25. The summed E-state index contributed by atoms with van der Waals surface area (Å²) in [6, 6.07) is 6.37. The van der Waals surface area contributed by atoms with Crippen molar-refractivity contribution in [3.05, 3.63) is 29.3 Å². The molecule has 0 radical (unpaired) electrons. The van der Waals surface area contributed by atoms with E-state index in [0.717, 1.165) is 25.3 Å². The van der Waals surface area contributed by atoms with Gasteiger partial charge in [-0.3, -0.25) is 0 Å². The number of nitrogens with one attached hydrogen (secondary N) is 1. The van der Waals surface area contributed by atoms with Crippen LogP contribution in [0.5, 0.6) is 5.75 Å². The van der Waals surface area contributed by atoms with Crippen LogP contribution in [0.2, 0.25) is 0 Å². The van der Waals surface area contributed by atoms with E-state index >= 15 is 0 Å². The second-order valence-corrected chi connectivity index (χ2v) is 5.42. The SMILES string of the molecule is Cc1ccc2c(c1)CC(COC1(C)CNC1)O2. The Bertz CT molecular complexity index is 426. The lowest BCUT2D eigenvalue weighted by molar-refractivity contribution is -0.0883. The van der Waals surface area contributed by atoms with Gasteiger partial charge in [0.1, 0.15) is 11.9 Å². The molecule has 1 fully saturated rings. The zero-order chi connectivity index (χ0) is 11.9. The largest absolute Gasteiger partial charge is 0.487 e. The molecule has 3 nitrogen and oxygen atoms in total. The van der Waals surface area contributed by atoms with Crippen LogP contribution in [0.15, 0.2) is 18.2 Å². The first kappa shape index (κ1) is 11.1. The molecule has 1 aromatic carbocycles. The van der Waals surface area contributed by atoms with Gasteiger partial charge in [-0.15, -0.1) is 0 Å². The fraction of sp³-hybridized carbons (Fsp3) is 0.571. The summed E-state index contributed by atoms with van der Waals surface area (Å²) in [5, 5.41) is 3.24. The van der Waals surface area contributed by atoms with Gasteiger partial charge in [-0.25, -0.2) is 0 Å². The van der Waals surface area contributed by atoms with Crippen LogP contribution in [0.25, 0.3) is 0 Å². The minimum Gasteiger partial charge on any atom is -0.487 e. The van der Waals surface area contributed by atoms with Gasteiger partial charge in [0.15, 0.2) is 0 Å². The predicted molar refractivity (Wildman–Crippen MR) is 66.5 cm³/mol. The number of fused-ring (bicyclic) bond motifs is 1. The van der Waals surface area contributed by atoms with Crippen molar-refractivity contribution in [2.75, 3.05) is 19.7 Å². The number of ether oxygens (including phenoxy) is 2. The molecule has 1 aromatic rings. The molecule has 3 heteroatoms. The highest BCUT2D eigenvalue weighted by Crippen LogP contribution is 2.30. The Hall–Kier alpha value is -1.06. The van der Waals surface area contributed by atoms with Crippen LogP contribution in [-0.4, -0.2) is 31.4 Å². The van der Waals surface area contributed by atoms with E-state index in [9.17, 15) is 0 Å². The fourth-order valence-corrected chi connectivity index (χ4v) is 2.42. The zero-order valence-corrected chi connectivity index (χ0v) is 10.5. The molecular formula is C14H19NO2. The van der Waals surface area contributed by atoms with E-state index in [2.05, 4.69) is 37.4 Å². The van der Waals surface area contributed by atoms with Gasteiger partial charge in [0.2, 0.25) is 0 Å². The lowest BCUT2D eigenvalue weighted by Crippen LogP contribution is -2.59. The molecule has 3 rings (SSSR count). The standard InChI is InChI=1S/C14H19NO2/c1-10-3-4-13-11(5-10)6-12(17-13)7-16-14(2)8-15-9-14/h3-5,12,15H,6-9H2,1-2H3. The Morgan fingerprint density at radius 2 is 2.29 bits per heavy atom. The van der Waals surface area contributed by atoms with Crippen LogP contribution in [0.3, 0.4) is 0 Å². The smallest absolute Gasteiger partial charge is 0.126 e. The topological polar surface area (TPSA) is 30.5 Å². The molecule has 2 heterocycles. The average molecular weight is 233 g/mol. The highest BCUT2D eigenvalue weighted by molar-refractivity contribution is 5.40. The third-order valence-electron chi connectivity index (χ3n) is 3.57. The van der Waals surface area contributed by atoms with Gasteiger partial charge in [0.25, 0.3) is 0 Å². The number of hydrogen-bond donors (Lipinski definition) is 1. The maximum atomic E-state index is 5.92. The molecule has 92 valence electrons. The number of hydrogen-bond acceptors (Lipinski definition) is 3. The van der Waals surface area contributed by atoms with E-state index in [4.69, 9.17) is 9.47 Å². The molecule has 0 aliphatic carbocycles. The highest BCUT2D eigenvalue weighted by atomic mass is 16.5. The average Bonchev–Trinajstić information content (AvgIpc) is 2.65. The van der Waals surface area contributed by atoms with Gasteiger partial charge >= 0.3 is 0 Å². The molecule has 0 spiro atoms. The van der Waals surface area contributed by atoms with Gasteiger partial charge in [-0.1, -0.05) is 17.7 Å². The fourth-order valence-electron chi connectivity index (χ4n) is 2.42. The van der Waals surface area contributed by atoms with Crippen LogP contribution in [-0.2, 0) is 11.2 Å². The van der Waals surface area contributed by atoms with Crippen molar-refractivity contribution in [3.63, 3.8) is 0 Å². The third kappa shape index (κ3) is 2.17. The highest BCUT2D eigenvalue weighted by Gasteiger charge is 2.34. The monoisotopic (exact) mass is 233 g/mol. The lowest BCUT2D eigenvalue weighted by atomic mass is 10.00. The summed E-state index contributed by atoms with van der Waals surface area (Å²) in [5.74, 6) is 1.03. The van der Waals surface area contributed by atoms with Crippen LogP contribution in [0.1, 0.15) is 18.1 Å². The Balaban J connectivity index is 1.58. The molecule has 0 aromatic heterocycles. The lowest BCUT2D eigenvalue weighted by Gasteiger charge is -2.39. The quantitative estimate of drug-likeness (QED) is 0.861. The van der Waals surface area contributed by atoms with Crippen LogP contribution >= 0.6 is 0 Å². The first-order chi connectivity index (χ1) is 8.15. The van der Waals surface area contributed by atoms with Crippen molar-refractivity contribution in [2.45, 2.75) is 32.0 Å². The summed E-state index contributed by atoms with van der Waals surface area (Å²) in [6.07, 6.45) is 1.16. The van der Waals surface area contributed by atoms with Crippen LogP contribution < -0.4 is 10.1 Å². The van der Waals surface area contributed by atoms with Gasteiger partial charge in [-0.2, -0.15) is 0 Å². The first-order valence-corrected chi connectivity index (χ1v) is 6.25. The maximum Gasteiger partial charge on any atom is 0.126 e. The van der Waals surface area contributed by atoms with Gasteiger partial charge in [-0.05, 0) is 25.5 Å². The van der Waals surface area contributed by atoms with Crippen molar-refractivity contribution in [1.82, 2.24) is 5.32 Å². The van der Waals surface area contributed by atoms with Crippen LogP contribution in [0, 0.1) is 6.92 Å². The Kier molecular flexibility index (Phi) is 2.60. The molecular weight excluding hydrogens is 214 g/mol. The normalized spacial score (nSPS) is 24.9. The molecule has 0 saturated carbocycles. The van der Waals surface area contributed by atoms with Crippen molar-refractivity contribution in [2.24, 2.45) is 0 Å². The Labute approximate surface area is 102 Å². The van der Waals surface area contributed by atoms with E-state index in [0.29, 0.717) is 6.61 Å². The molecule has 2 aliphatic rings. The molecule has 1 N–H and O–H groups in total. The Morgan fingerprint density at radius 3 is 3.00 bits per heavy atom. The van der Waals surface area contributed by atoms with Gasteiger partial charge < -0.3 is 14.8 Å². The molecule has 2 aliphatic heterocycles. The summed E-state index contributed by atoms with van der Waals surface area (Å²) in [6.45, 7) is 6.85.